The molecule has 5 heteroatoms. The second kappa shape index (κ2) is 9.13. The molecular weight excluding hydrogens is 268 g/mol. The summed E-state index contributed by atoms with van der Waals surface area (Å²) in [6.07, 6.45) is 1.36. The Bertz CT molecular complexity index is 474. The summed E-state index contributed by atoms with van der Waals surface area (Å²) >= 11 is 0. The lowest BCUT2D eigenvalue weighted by Gasteiger charge is -2.12. The average molecular weight is 292 g/mol. The van der Waals surface area contributed by atoms with Gasteiger partial charge in [-0.3, -0.25) is 9.59 Å². The van der Waals surface area contributed by atoms with Gasteiger partial charge in [0, 0.05) is 25.6 Å². The summed E-state index contributed by atoms with van der Waals surface area (Å²) in [6, 6.07) is 7.65. The molecule has 1 rings (SSSR count). The largest absolute Gasteiger partial charge is 0.481 e. The lowest BCUT2D eigenvalue weighted by atomic mass is 10.0. The fourth-order valence-corrected chi connectivity index (χ4v) is 1.94. The van der Waals surface area contributed by atoms with Crippen molar-refractivity contribution in [2.45, 2.75) is 45.7 Å². The Hall–Kier alpha value is -1.88. The minimum Gasteiger partial charge on any atom is -0.481 e. The van der Waals surface area contributed by atoms with Crippen molar-refractivity contribution >= 4 is 11.9 Å². The van der Waals surface area contributed by atoms with Gasteiger partial charge in [0.15, 0.2) is 0 Å². The van der Waals surface area contributed by atoms with Gasteiger partial charge in [0.1, 0.15) is 0 Å². The molecule has 0 saturated heterocycles. The number of amides is 1. The van der Waals surface area contributed by atoms with E-state index < -0.39 is 5.97 Å². The highest BCUT2D eigenvalue weighted by Gasteiger charge is 2.07. The summed E-state index contributed by atoms with van der Waals surface area (Å²) in [6.45, 7) is 5.15. The van der Waals surface area contributed by atoms with Crippen molar-refractivity contribution in [2.24, 2.45) is 0 Å². The first-order chi connectivity index (χ1) is 10.0. The van der Waals surface area contributed by atoms with Gasteiger partial charge in [0.25, 0.3) is 0 Å². The van der Waals surface area contributed by atoms with Crippen LogP contribution in [0.4, 0.5) is 0 Å². The van der Waals surface area contributed by atoms with Gasteiger partial charge in [0.05, 0.1) is 6.42 Å². The second-order valence-corrected chi connectivity index (χ2v) is 5.14. The highest BCUT2D eigenvalue weighted by molar-refractivity contribution is 5.76. The van der Waals surface area contributed by atoms with Crippen LogP contribution in [0.2, 0.25) is 0 Å². The van der Waals surface area contributed by atoms with Crippen molar-refractivity contribution in [3.05, 3.63) is 35.4 Å². The van der Waals surface area contributed by atoms with Crippen LogP contribution in [0, 0.1) is 0 Å². The molecule has 0 bridgehead atoms. The van der Waals surface area contributed by atoms with Gasteiger partial charge in [-0.15, -0.1) is 0 Å². The number of nitrogens with one attached hydrogen (secondary N) is 2. The van der Waals surface area contributed by atoms with Gasteiger partial charge < -0.3 is 15.7 Å². The molecule has 1 aromatic rings. The van der Waals surface area contributed by atoms with Crippen molar-refractivity contribution in [3.8, 4) is 0 Å². The van der Waals surface area contributed by atoms with E-state index >= 15 is 0 Å². The van der Waals surface area contributed by atoms with Crippen molar-refractivity contribution in [3.63, 3.8) is 0 Å². The van der Waals surface area contributed by atoms with E-state index in [-0.39, 0.29) is 18.4 Å². The summed E-state index contributed by atoms with van der Waals surface area (Å²) < 4.78 is 0. The van der Waals surface area contributed by atoms with E-state index in [1.165, 1.54) is 0 Å². The number of carboxylic acids is 1. The van der Waals surface area contributed by atoms with Crippen LogP contribution < -0.4 is 10.6 Å². The Balaban J connectivity index is 2.36. The summed E-state index contributed by atoms with van der Waals surface area (Å²) in [5.41, 5.74) is 1.77. The number of carboxylic acid groups (broad SMARTS) is 1. The molecule has 0 aliphatic heterocycles. The van der Waals surface area contributed by atoms with Gasteiger partial charge in [0.2, 0.25) is 5.91 Å². The van der Waals surface area contributed by atoms with Gasteiger partial charge in [-0.05, 0) is 24.5 Å². The number of hydrogen-bond donors (Lipinski definition) is 3. The molecule has 3 N–H and O–H groups in total. The third-order valence-electron chi connectivity index (χ3n) is 3.32. The minimum absolute atomic E-state index is 0.0202. The van der Waals surface area contributed by atoms with E-state index in [0.717, 1.165) is 17.5 Å². The van der Waals surface area contributed by atoms with Crippen molar-refractivity contribution in [1.29, 1.82) is 0 Å². The topological polar surface area (TPSA) is 78.4 Å². The Labute approximate surface area is 125 Å². The van der Waals surface area contributed by atoms with E-state index in [2.05, 4.69) is 10.6 Å². The molecule has 0 saturated carbocycles. The zero-order chi connectivity index (χ0) is 15.7. The molecule has 5 nitrogen and oxygen atoms in total. The molecule has 1 amide bonds. The van der Waals surface area contributed by atoms with Gasteiger partial charge >= 0.3 is 5.97 Å². The van der Waals surface area contributed by atoms with Gasteiger partial charge in [-0.2, -0.15) is 0 Å². The Morgan fingerprint density at radius 2 is 1.90 bits per heavy atom. The molecule has 1 aromatic carbocycles. The maximum absolute atomic E-state index is 11.6. The molecule has 0 aromatic heterocycles. The molecule has 0 heterocycles. The third kappa shape index (κ3) is 6.90. The number of carbonyl (C=O) groups is 2. The number of aliphatic carboxylic acids is 1. The van der Waals surface area contributed by atoms with Crippen LogP contribution in [-0.2, 0) is 22.6 Å². The maximum atomic E-state index is 11.6. The molecule has 116 valence electrons. The predicted octanol–water partition coefficient (Wildman–Crippen LogP) is 1.71. The molecule has 0 spiro atoms. The van der Waals surface area contributed by atoms with Crippen LogP contribution in [0.15, 0.2) is 24.3 Å². The SMILES string of the molecule is CCC(C)NC(=O)CCNCc1ccccc1CC(=O)O. The van der Waals surface area contributed by atoms with Gasteiger partial charge in [-0.1, -0.05) is 31.2 Å². The molecule has 0 fully saturated rings. The Kier molecular flexibility index (Phi) is 7.46. The van der Waals surface area contributed by atoms with Gasteiger partial charge in [-0.25, -0.2) is 0 Å². The molecule has 0 aliphatic carbocycles. The summed E-state index contributed by atoms with van der Waals surface area (Å²) in [7, 11) is 0. The highest BCUT2D eigenvalue weighted by Crippen LogP contribution is 2.09. The van der Waals surface area contributed by atoms with E-state index in [1.54, 1.807) is 0 Å². The standard InChI is InChI=1S/C16H24N2O3/c1-3-12(2)18-15(19)8-9-17-11-14-7-5-4-6-13(14)10-16(20)21/h4-7,12,17H,3,8-11H2,1-2H3,(H,18,19)(H,20,21). The summed E-state index contributed by atoms with van der Waals surface area (Å²) in [4.78, 5) is 22.4. The average Bonchev–Trinajstić information content (AvgIpc) is 2.44. The number of carbonyl (C=O) groups excluding carboxylic acids is 1. The minimum atomic E-state index is -0.838. The second-order valence-electron chi connectivity index (χ2n) is 5.14. The molecule has 0 radical (unpaired) electrons. The molecule has 1 atom stereocenters. The van der Waals surface area contributed by atoms with E-state index in [9.17, 15) is 9.59 Å². The van der Waals surface area contributed by atoms with E-state index in [0.29, 0.717) is 19.5 Å². The highest BCUT2D eigenvalue weighted by atomic mass is 16.4. The Morgan fingerprint density at radius 3 is 2.52 bits per heavy atom. The van der Waals surface area contributed by atoms with Crippen molar-refractivity contribution in [2.75, 3.05) is 6.54 Å². The normalized spacial score (nSPS) is 11.9. The number of benzene rings is 1. The lowest BCUT2D eigenvalue weighted by molar-refractivity contribution is -0.136. The monoisotopic (exact) mass is 292 g/mol. The summed E-state index contributed by atoms with van der Waals surface area (Å²) in [5.74, 6) is -0.800. The quantitative estimate of drug-likeness (QED) is 0.605. The van der Waals surface area contributed by atoms with Crippen molar-refractivity contribution in [1.82, 2.24) is 10.6 Å². The van der Waals surface area contributed by atoms with Crippen LogP contribution in [0.5, 0.6) is 0 Å². The Morgan fingerprint density at radius 1 is 1.24 bits per heavy atom. The first kappa shape index (κ1) is 17.2. The zero-order valence-electron chi connectivity index (χ0n) is 12.7. The van der Waals surface area contributed by atoms with Crippen LogP contribution in [-0.4, -0.2) is 29.6 Å². The molecule has 1 unspecified atom stereocenters. The number of hydrogen-bond acceptors (Lipinski definition) is 3. The predicted molar refractivity (Wildman–Crippen MR) is 82.0 cm³/mol. The lowest BCUT2D eigenvalue weighted by Crippen LogP contribution is -2.33. The fraction of sp³-hybridized carbons (Fsp3) is 0.500. The number of rotatable bonds is 9. The maximum Gasteiger partial charge on any atom is 0.307 e. The van der Waals surface area contributed by atoms with Crippen LogP contribution in [0.1, 0.15) is 37.8 Å². The molecule has 0 aliphatic rings. The van der Waals surface area contributed by atoms with Crippen LogP contribution in [0.25, 0.3) is 0 Å². The molecule has 21 heavy (non-hydrogen) atoms. The fourth-order valence-electron chi connectivity index (χ4n) is 1.94. The summed E-state index contributed by atoms with van der Waals surface area (Å²) in [5, 5.41) is 15.0. The first-order valence-electron chi connectivity index (χ1n) is 7.31. The van der Waals surface area contributed by atoms with Crippen LogP contribution in [0.3, 0.4) is 0 Å². The zero-order valence-corrected chi connectivity index (χ0v) is 12.7. The smallest absolute Gasteiger partial charge is 0.307 e. The van der Waals surface area contributed by atoms with Crippen LogP contribution >= 0.6 is 0 Å². The van der Waals surface area contributed by atoms with E-state index in [1.807, 2.05) is 38.1 Å². The third-order valence-corrected chi connectivity index (χ3v) is 3.32. The van der Waals surface area contributed by atoms with E-state index in [4.69, 9.17) is 5.11 Å². The molecular formula is C16H24N2O3. The first-order valence-corrected chi connectivity index (χ1v) is 7.31. The van der Waals surface area contributed by atoms with Crippen molar-refractivity contribution < 1.29 is 14.7 Å².